The number of rotatable bonds is 6. The maximum absolute atomic E-state index is 13.0. The largest absolute Gasteiger partial charge is 0.741 e. The molecule has 0 fully saturated rings. The number of nitrogens with zero attached hydrogens (tertiary/aromatic N) is 1. The highest BCUT2D eigenvalue weighted by atomic mass is 32.2. The van der Waals surface area contributed by atoms with Crippen molar-refractivity contribution in [2.45, 2.75) is 19.0 Å². The van der Waals surface area contributed by atoms with Crippen LogP contribution in [-0.2, 0) is 21.4 Å². The van der Waals surface area contributed by atoms with Crippen LogP contribution >= 0.6 is 0 Å². The number of pyridine rings is 1. The van der Waals surface area contributed by atoms with Crippen LogP contribution in [0.5, 0.6) is 0 Å². The van der Waals surface area contributed by atoms with E-state index in [1.54, 1.807) is 0 Å². The third-order valence-corrected chi connectivity index (χ3v) is 5.86. The number of carbonyl (C=O) groups excluding carboxylic acids is 1. The molecule has 4 rings (SSSR count). The number of alkyl halides is 3. The smallest absolute Gasteiger partial charge is 0.485 e. The van der Waals surface area contributed by atoms with E-state index in [1.807, 2.05) is 67.6 Å². The number of halogens is 3. The fraction of sp³-hybridized carbons (Fsp3) is 0.143. The van der Waals surface area contributed by atoms with Gasteiger partial charge in [-0.05, 0) is 30.2 Å². The summed E-state index contributed by atoms with van der Waals surface area (Å²) in [5.74, 6) is -0.316. The molecule has 0 radical (unpaired) electrons. The maximum atomic E-state index is 13.0. The van der Waals surface area contributed by atoms with Crippen molar-refractivity contribution >= 4 is 16.1 Å². The molecule has 0 bridgehead atoms. The molecular weight excluding hydrogens is 519 g/mol. The number of benzene rings is 3. The number of hydrogen-bond donors (Lipinski definition) is 0. The first-order valence-corrected chi connectivity index (χ1v) is 12.8. The standard InChI is InChI=1S/C27H24NO2.CHF3O3S/c1-2-30-27(29)26-19-24(22-14-8-4-9-15-22)18-25(23-16-10-5-11-17-23)28(26)20-21-12-6-3-7-13-21;2-1(3,4)8(5,6)7/h3-19H,2,20H2,1H3;(H,5,6,7)/q+1;/p-1. The van der Waals surface area contributed by atoms with Crippen molar-refractivity contribution in [1.82, 2.24) is 0 Å². The van der Waals surface area contributed by atoms with Crippen molar-refractivity contribution in [2.24, 2.45) is 0 Å². The van der Waals surface area contributed by atoms with E-state index >= 15 is 0 Å². The Morgan fingerprint density at radius 3 is 1.76 bits per heavy atom. The first-order chi connectivity index (χ1) is 18.0. The zero-order chi connectivity index (χ0) is 27.8. The van der Waals surface area contributed by atoms with E-state index in [1.165, 1.54) is 0 Å². The molecule has 0 saturated carbocycles. The average molecular weight is 544 g/mol. The van der Waals surface area contributed by atoms with Crippen molar-refractivity contribution in [3.05, 3.63) is 114 Å². The summed E-state index contributed by atoms with van der Waals surface area (Å²) in [5, 5.41) is 0. The van der Waals surface area contributed by atoms with Gasteiger partial charge in [-0.25, -0.2) is 13.2 Å². The number of ether oxygens (including phenoxy) is 1. The van der Waals surface area contributed by atoms with Crippen molar-refractivity contribution in [3.63, 3.8) is 0 Å². The van der Waals surface area contributed by atoms with Gasteiger partial charge in [-0.1, -0.05) is 78.9 Å². The normalized spacial score (nSPS) is 11.3. The molecule has 0 aliphatic rings. The summed E-state index contributed by atoms with van der Waals surface area (Å²) in [6, 6.07) is 34.5. The van der Waals surface area contributed by atoms with E-state index in [0.29, 0.717) is 18.8 Å². The Morgan fingerprint density at radius 2 is 1.29 bits per heavy atom. The van der Waals surface area contributed by atoms with Crippen molar-refractivity contribution in [3.8, 4) is 22.4 Å². The van der Waals surface area contributed by atoms with E-state index in [4.69, 9.17) is 17.7 Å². The molecule has 0 amide bonds. The summed E-state index contributed by atoms with van der Waals surface area (Å²) < 4.78 is 66.4. The summed E-state index contributed by atoms with van der Waals surface area (Å²) >= 11 is 0. The molecule has 0 aliphatic carbocycles. The Bertz CT molecular complexity index is 1460. The van der Waals surface area contributed by atoms with Gasteiger partial charge in [-0.3, -0.25) is 0 Å². The van der Waals surface area contributed by atoms with Gasteiger partial charge in [-0.15, -0.1) is 0 Å². The SMILES string of the molecule is CCOC(=O)c1cc(-c2ccccc2)cc(-c2ccccc2)[n+]1Cc1ccccc1.O=S(=O)([O-])C(F)(F)F. The summed E-state index contributed by atoms with van der Waals surface area (Å²) in [7, 11) is -6.09. The number of aromatic nitrogens is 1. The van der Waals surface area contributed by atoms with Crippen molar-refractivity contribution in [1.29, 1.82) is 0 Å². The van der Waals surface area contributed by atoms with Gasteiger partial charge in [-0.2, -0.15) is 17.7 Å². The highest BCUT2D eigenvalue weighted by Gasteiger charge is 2.37. The molecule has 3 aromatic carbocycles. The molecule has 38 heavy (non-hydrogen) atoms. The Hall–Kier alpha value is -4.02. The monoisotopic (exact) mass is 543 g/mol. The maximum Gasteiger partial charge on any atom is 0.485 e. The van der Waals surface area contributed by atoms with Crippen LogP contribution in [0.3, 0.4) is 0 Å². The molecule has 1 heterocycles. The van der Waals surface area contributed by atoms with Crippen molar-refractivity contribution < 1.29 is 40.2 Å². The van der Waals surface area contributed by atoms with E-state index in [-0.39, 0.29) is 5.97 Å². The summed E-state index contributed by atoms with van der Waals surface area (Å²) in [6.45, 7) is 2.74. The second-order valence-corrected chi connectivity index (χ2v) is 9.31. The zero-order valence-electron chi connectivity index (χ0n) is 20.3. The highest BCUT2D eigenvalue weighted by Crippen LogP contribution is 2.26. The Balaban J connectivity index is 0.000000436. The molecule has 0 aliphatic heterocycles. The van der Waals surface area contributed by atoms with Gasteiger partial charge >= 0.3 is 11.5 Å². The average Bonchev–Trinajstić information content (AvgIpc) is 2.90. The van der Waals surface area contributed by atoms with Gasteiger partial charge in [0, 0.05) is 23.3 Å². The molecule has 0 atom stereocenters. The molecule has 0 unspecified atom stereocenters. The van der Waals surface area contributed by atoms with Crippen LogP contribution in [-0.4, -0.2) is 31.1 Å². The molecule has 0 N–H and O–H groups in total. The van der Waals surface area contributed by atoms with Gasteiger partial charge in [0.2, 0.25) is 5.69 Å². The van der Waals surface area contributed by atoms with Crippen LogP contribution in [0.2, 0.25) is 0 Å². The fourth-order valence-corrected chi connectivity index (χ4v) is 3.58. The van der Waals surface area contributed by atoms with Gasteiger partial charge in [0.25, 0.3) is 5.69 Å². The lowest BCUT2D eigenvalue weighted by molar-refractivity contribution is -0.679. The molecule has 1 aromatic heterocycles. The second-order valence-electron chi connectivity index (χ2n) is 7.94. The second kappa shape index (κ2) is 12.5. The minimum Gasteiger partial charge on any atom is -0.741 e. The fourth-order valence-electron chi connectivity index (χ4n) is 3.58. The molecule has 10 heteroatoms. The first kappa shape index (κ1) is 28.5. The molecular formula is C28H24F3NO5S. The minimum atomic E-state index is -6.09. The molecule has 6 nitrogen and oxygen atoms in total. The lowest BCUT2D eigenvalue weighted by Crippen LogP contribution is -2.43. The Kier molecular flexibility index (Phi) is 9.38. The van der Waals surface area contributed by atoms with E-state index in [2.05, 4.69) is 47.0 Å². The Labute approximate surface area is 218 Å². The van der Waals surface area contributed by atoms with Gasteiger partial charge in [0.1, 0.15) is 0 Å². The van der Waals surface area contributed by atoms with Crippen LogP contribution in [0, 0.1) is 0 Å². The van der Waals surface area contributed by atoms with E-state index in [0.717, 1.165) is 27.9 Å². The third-order valence-electron chi connectivity index (χ3n) is 5.29. The van der Waals surface area contributed by atoms with Crippen LogP contribution in [0.1, 0.15) is 23.0 Å². The van der Waals surface area contributed by atoms with Gasteiger partial charge < -0.3 is 9.29 Å². The van der Waals surface area contributed by atoms with Gasteiger partial charge in [0.15, 0.2) is 16.7 Å². The summed E-state index contributed by atoms with van der Waals surface area (Å²) in [4.78, 5) is 13.0. The highest BCUT2D eigenvalue weighted by molar-refractivity contribution is 7.86. The van der Waals surface area contributed by atoms with Crippen LogP contribution in [0.25, 0.3) is 22.4 Å². The lowest BCUT2D eigenvalue weighted by atomic mass is 10.0. The molecule has 4 aromatic rings. The van der Waals surface area contributed by atoms with E-state index < -0.39 is 15.6 Å². The molecule has 0 saturated heterocycles. The molecule has 198 valence electrons. The zero-order valence-corrected chi connectivity index (χ0v) is 21.1. The van der Waals surface area contributed by atoms with Crippen LogP contribution in [0.4, 0.5) is 13.2 Å². The quantitative estimate of drug-likeness (QED) is 0.137. The third kappa shape index (κ3) is 7.50. The number of esters is 1. The number of hydrogen-bond acceptors (Lipinski definition) is 5. The lowest BCUT2D eigenvalue weighted by Gasteiger charge is -2.12. The number of carbonyl (C=O) groups is 1. The first-order valence-electron chi connectivity index (χ1n) is 11.4. The predicted octanol–water partition coefficient (Wildman–Crippen LogP) is 5.58. The van der Waals surface area contributed by atoms with E-state index in [9.17, 15) is 18.0 Å². The minimum absolute atomic E-state index is 0.316. The van der Waals surface area contributed by atoms with Crippen LogP contribution < -0.4 is 4.57 Å². The predicted molar refractivity (Wildman–Crippen MR) is 135 cm³/mol. The summed E-state index contributed by atoms with van der Waals surface area (Å²) in [5.41, 5.74) is 0.0978. The summed E-state index contributed by atoms with van der Waals surface area (Å²) in [6.07, 6.45) is 0. The molecule has 0 spiro atoms. The Morgan fingerprint density at radius 1 is 0.816 bits per heavy atom. The van der Waals surface area contributed by atoms with Crippen molar-refractivity contribution in [2.75, 3.05) is 6.61 Å². The van der Waals surface area contributed by atoms with Crippen LogP contribution in [0.15, 0.2) is 103 Å². The van der Waals surface area contributed by atoms with Gasteiger partial charge in [0.05, 0.1) is 6.61 Å². The topological polar surface area (TPSA) is 87.4 Å².